The maximum Gasteiger partial charge on any atom is 0.387 e. The number of alkyl halides is 2. The third kappa shape index (κ3) is 5.83. The SMILES string of the molecule is COc1cc(CN(C)[C@@H](C)C(=O)NC2CCCCC2)ccc1OC(F)F. The average molecular weight is 370 g/mol. The van der Waals surface area contributed by atoms with E-state index in [4.69, 9.17) is 4.74 Å². The highest BCUT2D eigenvalue weighted by Crippen LogP contribution is 2.30. The fourth-order valence-electron chi connectivity index (χ4n) is 3.20. The molecule has 0 spiro atoms. The molecule has 0 radical (unpaired) electrons. The first-order valence-electron chi connectivity index (χ1n) is 9.03. The van der Waals surface area contributed by atoms with Gasteiger partial charge < -0.3 is 14.8 Å². The number of amides is 1. The molecule has 1 amide bonds. The lowest BCUT2D eigenvalue weighted by Gasteiger charge is -2.28. The number of ether oxygens (including phenoxy) is 2. The minimum Gasteiger partial charge on any atom is -0.493 e. The molecule has 0 heterocycles. The smallest absolute Gasteiger partial charge is 0.387 e. The summed E-state index contributed by atoms with van der Waals surface area (Å²) >= 11 is 0. The summed E-state index contributed by atoms with van der Waals surface area (Å²) in [4.78, 5) is 14.4. The molecule has 1 saturated carbocycles. The van der Waals surface area contributed by atoms with E-state index in [1.165, 1.54) is 32.4 Å². The molecule has 1 aromatic carbocycles. The second-order valence-electron chi connectivity index (χ2n) is 6.80. The number of nitrogens with one attached hydrogen (secondary N) is 1. The zero-order valence-electron chi connectivity index (χ0n) is 15.6. The maximum absolute atomic E-state index is 12.5. The number of halogens is 2. The molecule has 26 heavy (non-hydrogen) atoms. The molecule has 0 aromatic heterocycles. The number of methoxy groups -OCH3 is 1. The van der Waals surface area contributed by atoms with Gasteiger partial charge in [0.05, 0.1) is 13.2 Å². The van der Waals surface area contributed by atoms with E-state index in [0.717, 1.165) is 18.4 Å². The number of rotatable bonds is 8. The molecule has 2 rings (SSSR count). The topological polar surface area (TPSA) is 50.8 Å². The van der Waals surface area contributed by atoms with Crippen LogP contribution in [0.25, 0.3) is 0 Å². The van der Waals surface area contributed by atoms with Crippen LogP contribution in [0.15, 0.2) is 18.2 Å². The van der Waals surface area contributed by atoms with Crippen molar-refractivity contribution in [2.45, 2.75) is 64.3 Å². The largest absolute Gasteiger partial charge is 0.493 e. The van der Waals surface area contributed by atoms with Crippen LogP contribution in [0.3, 0.4) is 0 Å². The summed E-state index contributed by atoms with van der Waals surface area (Å²) < 4.78 is 34.4. The maximum atomic E-state index is 12.5. The van der Waals surface area contributed by atoms with Gasteiger partial charge in [0.25, 0.3) is 0 Å². The molecule has 0 aliphatic heterocycles. The van der Waals surface area contributed by atoms with Crippen molar-refractivity contribution in [2.24, 2.45) is 0 Å². The van der Waals surface area contributed by atoms with Crippen molar-refractivity contribution in [3.05, 3.63) is 23.8 Å². The lowest BCUT2D eigenvalue weighted by atomic mass is 9.95. The molecule has 1 atom stereocenters. The Balaban J connectivity index is 1.94. The van der Waals surface area contributed by atoms with Gasteiger partial charge >= 0.3 is 6.61 Å². The van der Waals surface area contributed by atoms with Crippen molar-refractivity contribution in [3.8, 4) is 11.5 Å². The molecule has 1 aliphatic carbocycles. The van der Waals surface area contributed by atoms with Crippen molar-refractivity contribution < 1.29 is 23.0 Å². The standard InChI is InChI=1S/C19H28F2N2O3/c1-13(18(24)22-15-7-5-4-6-8-15)23(2)12-14-9-10-16(26-19(20)21)17(11-14)25-3/h9-11,13,15,19H,4-8,12H2,1-3H3,(H,22,24)/t13-/m0/s1. The Labute approximate surface area is 153 Å². The summed E-state index contributed by atoms with van der Waals surface area (Å²) in [5.74, 6) is 0.261. The zero-order chi connectivity index (χ0) is 19.1. The first-order chi connectivity index (χ1) is 12.4. The highest BCUT2D eigenvalue weighted by Gasteiger charge is 2.22. The molecule has 1 aromatic rings. The molecule has 0 bridgehead atoms. The molecular weight excluding hydrogens is 342 g/mol. The molecule has 1 N–H and O–H groups in total. The first kappa shape index (κ1) is 20.4. The molecule has 1 fully saturated rings. The fraction of sp³-hybridized carbons (Fsp3) is 0.632. The Bertz CT molecular complexity index is 592. The van der Waals surface area contributed by atoms with E-state index < -0.39 is 6.61 Å². The second-order valence-corrected chi connectivity index (χ2v) is 6.80. The summed E-state index contributed by atoms with van der Waals surface area (Å²) in [6.07, 6.45) is 5.68. The number of likely N-dealkylation sites (N-methyl/N-ethyl adjacent to an activating group) is 1. The summed E-state index contributed by atoms with van der Waals surface area (Å²) in [7, 11) is 3.27. The number of benzene rings is 1. The van der Waals surface area contributed by atoms with Gasteiger partial charge in [0.1, 0.15) is 0 Å². The Morgan fingerprint density at radius 3 is 2.58 bits per heavy atom. The number of nitrogens with zero attached hydrogens (tertiary/aromatic N) is 1. The van der Waals surface area contributed by atoms with Crippen molar-refractivity contribution in [1.29, 1.82) is 0 Å². The number of carbonyl (C=O) groups is 1. The van der Waals surface area contributed by atoms with Gasteiger partial charge in [0.2, 0.25) is 5.91 Å². The molecule has 1 aliphatic rings. The minimum absolute atomic E-state index is 0.00278. The first-order valence-corrected chi connectivity index (χ1v) is 9.03. The van der Waals surface area contributed by atoms with Gasteiger partial charge in [-0.15, -0.1) is 0 Å². The summed E-state index contributed by atoms with van der Waals surface area (Å²) in [5.41, 5.74) is 0.850. The monoisotopic (exact) mass is 370 g/mol. The highest BCUT2D eigenvalue weighted by molar-refractivity contribution is 5.81. The van der Waals surface area contributed by atoms with E-state index in [0.29, 0.717) is 6.54 Å². The predicted molar refractivity (Wildman–Crippen MR) is 95.6 cm³/mol. The molecule has 7 heteroatoms. The van der Waals surface area contributed by atoms with Crippen LogP contribution in [0.4, 0.5) is 8.78 Å². The summed E-state index contributed by atoms with van der Waals surface area (Å²) in [6, 6.07) is 4.79. The van der Waals surface area contributed by atoms with Gasteiger partial charge in [-0.2, -0.15) is 8.78 Å². The van der Waals surface area contributed by atoms with Crippen molar-refractivity contribution in [1.82, 2.24) is 10.2 Å². The molecule has 146 valence electrons. The third-order valence-electron chi connectivity index (χ3n) is 4.87. The lowest BCUT2D eigenvalue weighted by Crippen LogP contribution is -2.47. The molecule has 5 nitrogen and oxygen atoms in total. The van der Waals surface area contributed by atoms with E-state index in [-0.39, 0.29) is 29.5 Å². The van der Waals surface area contributed by atoms with Crippen LogP contribution in [0.2, 0.25) is 0 Å². The van der Waals surface area contributed by atoms with E-state index in [1.807, 2.05) is 18.9 Å². The fourth-order valence-corrected chi connectivity index (χ4v) is 3.20. The lowest BCUT2D eigenvalue weighted by molar-refractivity contribution is -0.126. The number of hydrogen-bond acceptors (Lipinski definition) is 4. The Morgan fingerprint density at radius 2 is 1.96 bits per heavy atom. The van der Waals surface area contributed by atoms with Gasteiger partial charge in [-0.05, 0) is 44.5 Å². The van der Waals surface area contributed by atoms with Crippen LogP contribution < -0.4 is 14.8 Å². The molecule has 0 saturated heterocycles. The van der Waals surface area contributed by atoms with Crippen LogP contribution in [-0.4, -0.2) is 43.7 Å². The van der Waals surface area contributed by atoms with Crippen molar-refractivity contribution >= 4 is 5.91 Å². The van der Waals surface area contributed by atoms with E-state index in [2.05, 4.69) is 10.1 Å². The quantitative estimate of drug-likeness (QED) is 0.760. The van der Waals surface area contributed by atoms with Crippen LogP contribution in [0.1, 0.15) is 44.6 Å². The van der Waals surface area contributed by atoms with Gasteiger partial charge in [-0.1, -0.05) is 25.3 Å². The van der Waals surface area contributed by atoms with Crippen LogP contribution in [0.5, 0.6) is 11.5 Å². The average Bonchev–Trinajstić information content (AvgIpc) is 2.62. The van der Waals surface area contributed by atoms with E-state index >= 15 is 0 Å². The van der Waals surface area contributed by atoms with Crippen molar-refractivity contribution in [2.75, 3.05) is 14.2 Å². The Morgan fingerprint density at radius 1 is 1.27 bits per heavy atom. The zero-order valence-corrected chi connectivity index (χ0v) is 15.6. The van der Waals surface area contributed by atoms with Gasteiger partial charge in [0, 0.05) is 12.6 Å². The molecular formula is C19H28F2N2O3. The van der Waals surface area contributed by atoms with Crippen LogP contribution in [0, 0.1) is 0 Å². The minimum atomic E-state index is -2.90. The predicted octanol–water partition coefficient (Wildman–Crippen LogP) is 3.57. The third-order valence-corrected chi connectivity index (χ3v) is 4.87. The second kappa shape index (κ2) is 9.71. The van der Waals surface area contributed by atoms with Gasteiger partial charge in [0.15, 0.2) is 11.5 Å². The Kier molecular flexibility index (Phi) is 7.63. The summed E-state index contributed by atoms with van der Waals surface area (Å²) in [5, 5.41) is 3.13. The van der Waals surface area contributed by atoms with Crippen LogP contribution in [-0.2, 0) is 11.3 Å². The normalized spacial score (nSPS) is 16.6. The molecule has 0 unspecified atom stereocenters. The van der Waals surface area contributed by atoms with Gasteiger partial charge in [-0.25, -0.2) is 0 Å². The van der Waals surface area contributed by atoms with E-state index in [1.54, 1.807) is 12.1 Å². The van der Waals surface area contributed by atoms with Crippen LogP contribution >= 0.6 is 0 Å². The van der Waals surface area contributed by atoms with Gasteiger partial charge in [-0.3, -0.25) is 9.69 Å². The summed E-state index contributed by atoms with van der Waals surface area (Å²) in [6.45, 7) is -0.547. The number of carbonyl (C=O) groups excluding carboxylic acids is 1. The highest BCUT2D eigenvalue weighted by atomic mass is 19.3. The van der Waals surface area contributed by atoms with E-state index in [9.17, 15) is 13.6 Å². The number of hydrogen-bond donors (Lipinski definition) is 1. The van der Waals surface area contributed by atoms with Crippen molar-refractivity contribution in [3.63, 3.8) is 0 Å². The Hall–Kier alpha value is -1.89.